The van der Waals surface area contributed by atoms with Gasteiger partial charge in [0.05, 0.1) is 0 Å². The van der Waals surface area contributed by atoms with Gasteiger partial charge in [-0.25, -0.2) is 9.97 Å². The number of hydrogen-bond donors (Lipinski definition) is 1. The van der Waals surface area contributed by atoms with Gasteiger partial charge in [0.2, 0.25) is 5.95 Å². The minimum absolute atomic E-state index is 0.673. The van der Waals surface area contributed by atoms with Crippen LogP contribution in [0.3, 0.4) is 0 Å². The van der Waals surface area contributed by atoms with Crippen molar-refractivity contribution in [2.24, 2.45) is 0 Å². The van der Waals surface area contributed by atoms with Crippen LogP contribution in [0.2, 0.25) is 0 Å². The van der Waals surface area contributed by atoms with Crippen LogP contribution in [0.4, 0.5) is 5.69 Å². The molecule has 0 aliphatic carbocycles. The van der Waals surface area contributed by atoms with E-state index in [1.54, 1.807) is 24.3 Å². The molecule has 0 aliphatic heterocycles. The van der Waals surface area contributed by atoms with Crippen molar-refractivity contribution in [1.29, 1.82) is 0 Å². The van der Waals surface area contributed by atoms with E-state index >= 15 is 0 Å². The summed E-state index contributed by atoms with van der Waals surface area (Å²) in [6, 6.07) is 12.3. The molecule has 0 unspecified atom stereocenters. The highest BCUT2D eigenvalue weighted by Crippen LogP contribution is 2.24. The molecule has 5 heteroatoms. The third-order valence-electron chi connectivity index (χ3n) is 2.97. The maximum absolute atomic E-state index is 4.28. The highest BCUT2D eigenvalue weighted by atomic mass is 32.2. The molecule has 0 radical (unpaired) electrons. The Morgan fingerprint density at radius 1 is 1.00 bits per heavy atom. The van der Waals surface area contributed by atoms with Gasteiger partial charge in [-0.3, -0.25) is 4.57 Å². The molecule has 1 aromatic carbocycles. The molecule has 2 aromatic heterocycles. The zero-order valence-corrected chi connectivity index (χ0v) is 12.8. The number of anilines is 1. The van der Waals surface area contributed by atoms with Crippen molar-refractivity contribution in [1.82, 2.24) is 14.5 Å². The lowest BCUT2D eigenvalue weighted by Crippen LogP contribution is -2.01. The number of nitrogens with one attached hydrogen (secondary N) is 1. The fourth-order valence-electron chi connectivity index (χ4n) is 2.17. The summed E-state index contributed by atoms with van der Waals surface area (Å²) in [5, 5.41) is 1.04. The van der Waals surface area contributed by atoms with Crippen molar-refractivity contribution in [3.05, 3.63) is 66.1 Å². The van der Waals surface area contributed by atoms with E-state index in [4.69, 9.17) is 0 Å². The molecular formula is C16H16N4S. The van der Waals surface area contributed by atoms with Gasteiger partial charge in [0.25, 0.3) is 0 Å². The van der Waals surface area contributed by atoms with Gasteiger partial charge in [0.15, 0.2) is 0 Å². The Morgan fingerprint density at radius 2 is 1.71 bits per heavy atom. The molecule has 0 saturated carbocycles. The van der Waals surface area contributed by atoms with E-state index in [0.717, 1.165) is 10.7 Å². The summed E-state index contributed by atoms with van der Waals surface area (Å²) in [6.45, 7) is 4.20. The molecule has 0 fully saturated rings. The zero-order chi connectivity index (χ0) is 14.7. The summed E-state index contributed by atoms with van der Waals surface area (Å²) in [7, 11) is 0. The van der Waals surface area contributed by atoms with Gasteiger partial charge >= 0.3 is 0 Å². The molecular weight excluding hydrogens is 280 g/mol. The minimum Gasteiger partial charge on any atom is -0.324 e. The predicted octanol–water partition coefficient (Wildman–Crippen LogP) is 4.00. The molecule has 0 atom stereocenters. The van der Waals surface area contributed by atoms with Crippen LogP contribution in [-0.4, -0.2) is 14.5 Å². The van der Waals surface area contributed by atoms with Gasteiger partial charge in [-0.1, -0.05) is 6.07 Å². The fraction of sp³-hybridized carbons (Fsp3) is 0.125. The number of hydrogen-bond acceptors (Lipinski definition) is 4. The highest BCUT2D eigenvalue weighted by molar-refractivity contribution is 8.00. The SMILES string of the molecule is Cc1cc(C)cc(NSc2cccn2-c2ncccn2)c1. The first-order chi connectivity index (χ1) is 10.2. The minimum atomic E-state index is 0.673. The summed E-state index contributed by atoms with van der Waals surface area (Å²) >= 11 is 1.55. The Kier molecular flexibility index (Phi) is 3.92. The maximum Gasteiger partial charge on any atom is 0.234 e. The normalized spacial score (nSPS) is 10.6. The largest absolute Gasteiger partial charge is 0.324 e. The number of nitrogens with zero attached hydrogens (tertiary/aromatic N) is 3. The van der Waals surface area contributed by atoms with Gasteiger partial charge in [-0.15, -0.1) is 0 Å². The molecule has 0 spiro atoms. The number of rotatable bonds is 4. The lowest BCUT2D eigenvalue weighted by atomic mass is 10.1. The molecule has 0 bridgehead atoms. The molecule has 0 amide bonds. The Hall–Kier alpha value is -2.27. The quantitative estimate of drug-likeness (QED) is 0.739. The van der Waals surface area contributed by atoms with Crippen LogP contribution in [-0.2, 0) is 0 Å². The third kappa shape index (κ3) is 3.25. The number of benzene rings is 1. The second-order valence-electron chi connectivity index (χ2n) is 4.85. The monoisotopic (exact) mass is 296 g/mol. The highest BCUT2D eigenvalue weighted by Gasteiger charge is 2.06. The standard InChI is InChI=1S/C16H16N4S/c1-12-9-13(2)11-14(10-12)19-21-15-5-3-8-20(15)16-17-6-4-7-18-16/h3-11,19H,1-2H3. The summed E-state index contributed by atoms with van der Waals surface area (Å²) in [6.07, 6.45) is 5.45. The van der Waals surface area contributed by atoms with Gasteiger partial charge in [0, 0.05) is 36.2 Å². The van der Waals surface area contributed by atoms with Gasteiger partial charge in [-0.2, -0.15) is 0 Å². The van der Waals surface area contributed by atoms with E-state index in [2.05, 4.69) is 46.7 Å². The Labute approximate surface area is 128 Å². The van der Waals surface area contributed by atoms with Crippen LogP contribution >= 0.6 is 11.9 Å². The topological polar surface area (TPSA) is 42.7 Å². The first-order valence-electron chi connectivity index (χ1n) is 6.68. The van der Waals surface area contributed by atoms with Crippen molar-refractivity contribution in [2.75, 3.05) is 4.72 Å². The van der Waals surface area contributed by atoms with Crippen LogP contribution in [0.5, 0.6) is 0 Å². The molecule has 21 heavy (non-hydrogen) atoms. The van der Waals surface area contributed by atoms with Gasteiger partial charge in [0.1, 0.15) is 5.03 Å². The molecule has 0 saturated heterocycles. The van der Waals surface area contributed by atoms with E-state index < -0.39 is 0 Å². The van der Waals surface area contributed by atoms with E-state index in [0.29, 0.717) is 5.95 Å². The first kappa shape index (κ1) is 13.7. The summed E-state index contributed by atoms with van der Waals surface area (Å²) in [5.41, 5.74) is 3.60. The van der Waals surface area contributed by atoms with Crippen molar-refractivity contribution in [3.63, 3.8) is 0 Å². The Balaban J connectivity index is 1.79. The third-order valence-corrected chi connectivity index (χ3v) is 3.85. The summed E-state index contributed by atoms with van der Waals surface area (Å²) in [4.78, 5) is 8.55. The predicted molar refractivity (Wildman–Crippen MR) is 86.8 cm³/mol. The molecule has 2 heterocycles. The van der Waals surface area contributed by atoms with E-state index in [1.807, 2.05) is 29.0 Å². The average molecular weight is 296 g/mol. The van der Waals surface area contributed by atoms with E-state index in [-0.39, 0.29) is 0 Å². The second kappa shape index (κ2) is 6.01. The van der Waals surface area contributed by atoms with Crippen molar-refractivity contribution < 1.29 is 0 Å². The van der Waals surface area contributed by atoms with Crippen LogP contribution in [0, 0.1) is 13.8 Å². The van der Waals surface area contributed by atoms with Crippen molar-refractivity contribution in [3.8, 4) is 5.95 Å². The van der Waals surface area contributed by atoms with Crippen LogP contribution in [0.25, 0.3) is 5.95 Å². The number of aromatic nitrogens is 3. The lowest BCUT2D eigenvalue weighted by molar-refractivity contribution is 0.862. The van der Waals surface area contributed by atoms with Crippen LogP contribution < -0.4 is 4.72 Å². The summed E-state index contributed by atoms with van der Waals surface area (Å²) < 4.78 is 5.34. The smallest absolute Gasteiger partial charge is 0.234 e. The average Bonchev–Trinajstić information content (AvgIpc) is 2.93. The Bertz CT molecular complexity index is 717. The van der Waals surface area contributed by atoms with Gasteiger partial charge < -0.3 is 4.72 Å². The molecule has 3 rings (SSSR count). The fourth-order valence-corrected chi connectivity index (χ4v) is 2.90. The second-order valence-corrected chi connectivity index (χ2v) is 5.67. The zero-order valence-electron chi connectivity index (χ0n) is 11.9. The van der Waals surface area contributed by atoms with Crippen LogP contribution in [0.1, 0.15) is 11.1 Å². The molecule has 1 N–H and O–H groups in total. The maximum atomic E-state index is 4.28. The first-order valence-corrected chi connectivity index (χ1v) is 7.50. The number of aryl methyl sites for hydroxylation is 2. The summed E-state index contributed by atoms with van der Waals surface area (Å²) in [5.74, 6) is 0.673. The lowest BCUT2D eigenvalue weighted by Gasteiger charge is -2.09. The van der Waals surface area contributed by atoms with Crippen molar-refractivity contribution >= 4 is 17.6 Å². The van der Waals surface area contributed by atoms with Crippen LogP contribution in [0.15, 0.2) is 60.0 Å². The molecule has 0 aliphatic rings. The van der Waals surface area contributed by atoms with Gasteiger partial charge in [-0.05, 0) is 55.3 Å². The molecule has 3 aromatic rings. The molecule has 106 valence electrons. The Morgan fingerprint density at radius 3 is 2.43 bits per heavy atom. The van der Waals surface area contributed by atoms with E-state index in [1.165, 1.54) is 11.1 Å². The van der Waals surface area contributed by atoms with Crippen molar-refractivity contribution in [2.45, 2.75) is 18.9 Å². The van der Waals surface area contributed by atoms with E-state index in [9.17, 15) is 0 Å². The molecule has 4 nitrogen and oxygen atoms in total.